The number of nitrogens with one attached hydrogen (secondary N) is 1. The Kier molecular flexibility index (Phi) is 3.80. The highest BCUT2D eigenvalue weighted by Crippen LogP contribution is 2.17. The van der Waals surface area contributed by atoms with Crippen LogP contribution in [0.3, 0.4) is 0 Å². The molecule has 0 saturated heterocycles. The third-order valence-electron chi connectivity index (χ3n) is 1.76. The average Bonchev–Trinajstić information content (AvgIpc) is 2.08. The van der Waals surface area contributed by atoms with E-state index in [-0.39, 0.29) is 5.82 Å². The molecular formula is C11H14FNO2S. The minimum Gasteiger partial charge on any atom is -0.432 e. The van der Waals surface area contributed by atoms with Crippen LogP contribution in [0, 0.1) is 12.7 Å². The van der Waals surface area contributed by atoms with E-state index in [9.17, 15) is 9.18 Å². The van der Waals surface area contributed by atoms with Crippen molar-refractivity contribution in [3.8, 4) is 0 Å². The van der Waals surface area contributed by atoms with Crippen molar-refractivity contribution in [1.29, 1.82) is 0 Å². The molecule has 0 heterocycles. The van der Waals surface area contributed by atoms with E-state index in [4.69, 9.17) is 4.74 Å². The Morgan fingerprint density at radius 1 is 1.50 bits per heavy atom. The maximum atomic E-state index is 13.2. The van der Waals surface area contributed by atoms with Crippen LogP contribution in [-0.2, 0) is 4.74 Å². The van der Waals surface area contributed by atoms with Crippen molar-refractivity contribution in [1.82, 2.24) is 0 Å². The van der Waals surface area contributed by atoms with Crippen molar-refractivity contribution in [2.45, 2.75) is 25.7 Å². The van der Waals surface area contributed by atoms with Gasteiger partial charge in [0.25, 0.3) is 0 Å². The standard InChI is InChI=1S/C11H14FNO2S/c1-7-4-5-8(6-9(7)12)13-10(14)15-11(2,3)16/h4-6,16H,1-3H3,(H,13,14). The van der Waals surface area contributed by atoms with Gasteiger partial charge in [0.1, 0.15) is 5.82 Å². The molecule has 1 N–H and O–H groups in total. The second-order valence-corrected chi connectivity index (χ2v) is 5.00. The zero-order valence-electron chi connectivity index (χ0n) is 9.37. The van der Waals surface area contributed by atoms with Gasteiger partial charge in [0.05, 0.1) is 0 Å². The molecule has 0 aromatic heterocycles. The number of anilines is 1. The van der Waals surface area contributed by atoms with E-state index in [1.807, 2.05) is 0 Å². The fourth-order valence-electron chi connectivity index (χ4n) is 1.04. The Balaban J connectivity index is 2.67. The summed E-state index contributed by atoms with van der Waals surface area (Å²) in [7, 11) is 0. The lowest BCUT2D eigenvalue weighted by molar-refractivity contribution is 0.112. The SMILES string of the molecule is Cc1ccc(NC(=O)OC(C)(C)S)cc1F. The first-order chi connectivity index (χ1) is 7.28. The van der Waals surface area contributed by atoms with Crippen LogP contribution in [0.25, 0.3) is 0 Å². The van der Waals surface area contributed by atoms with E-state index in [2.05, 4.69) is 17.9 Å². The summed E-state index contributed by atoms with van der Waals surface area (Å²) >= 11 is 4.04. The van der Waals surface area contributed by atoms with E-state index in [1.165, 1.54) is 6.07 Å². The minimum atomic E-state index is -0.868. The highest BCUT2D eigenvalue weighted by molar-refractivity contribution is 7.81. The monoisotopic (exact) mass is 243 g/mol. The smallest absolute Gasteiger partial charge is 0.412 e. The molecule has 0 atom stereocenters. The molecule has 0 radical (unpaired) electrons. The number of hydrogen-bond acceptors (Lipinski definition) is 3. The third-order valence-corrected chi connectivity index (χ3v) is 1.85. The lowest BCUT2D eigenvalue weighted by Crippen LogP contribution is -2.25. The quantitative estimate of drug-likeness (QED) is 0.617. The number of carbonyl (C=O) groups excluding carboxylic acids is 1. The number of aryl methyl sites for hydroxylation is 1. The summed E-state index contributed by atoms with van der Waals surface area (Å²) in [5.41, 5.74) is 0.874. The van der Waals surface area contributed by atoms with Gasteiger partial charge in [-0.25, -0.2) is 9.18 Å². The fraction of sp³-hybridized carbons (Fsp3) is 0.364. The second kappa shape index (κ2) is 4.74. The van der Waals surface area contributed by atoms with E-state index in [0.717, 1.165) is 0 Å². The van der Waals surface area contributed by atoms with Crippen molar-refractivity contribution in [3.63, 3.8) is 0 Å². The molecule has 5 heteroatoms. The largest absolute Gasteiger partial charge is 0.432 e. The summed E-state index contributed by atoms with van der Waals surface area (Å²) in [6.07, 6.45) is -0.664. The minimum absolute atomic E-state index is 0.352. The molecule has 0 aliphatic heterocycles. The fourth-order valence-corrected chi connectivity index (χ4v) is 1.12. The first-order valence-electron chi connectivity index (χ1n) is 4.76. The molecule has 0 spiro atoms. The van der Waals surface area contributed by atoms with Crippen molar-refractivity contribution in [2.24, 2.45) is 0 Å². The molecule has 0 unspecified atom stereocenters. The van der Waals surface area contributed by atoms with Gasteiger partial charge in [-0.1, -0.05) is 6.07 Å². The highest BCUT2D eigenvalue weighted by Gasteiger charge is 2.17. The van der Waals surface area contributed by atoms with Crippen LogP contribution in [0.1, 0.15) is 19.4 Å². The predicted molar refractivity (Wildman–Crippen MR) is 64.3 cm³/mol. The highest BCUT2D eigenvalue weighted by atomic mass is 32.1. The maximum absolute atomic E-state index is 13.2. The molecule has 1 aromatic rings. The molecule has 16 heavy (non-hydrogen) atoms. The Morgan fingerprint density at radius 3 is 2.62 bits per heavy atom. The van der Waals surface area contributed by atoms with Crippen molar-refractivity contribution < 1.29 is 13.9 Å². The van der Waals surface area contributed by atoms with Crippen molar-refractivity contribution in [3.05, 3.63) is 29.6 Å². The Bertz CT molecular complexity index is 401. The normalized spacial score (nSPS) is 11.1. The maximum Gasteiger partial charge on any atom is 0.412 e. The summed E-state index contributed by atoms with van der Waals surface area (Å²) in [5.74, 6) is -0.372. The van der Waals surface area contributed by atoms with Gasteiger partial charge >= 0.3 is 6.09 Å². The number of halogens is 1. The van der Waals surface area contributed by atoms with E-state index < -0.39 is 11.0 Å². The molecule has 1 rings (SSSR count). The van der Waals surface area contributed by atoms with E-state index in [0.29, 0.717) is 11.3 Å². The van der Waals surface area contributed by atoms with Crippen LogP contribution in [0.2, 0.25) is 0 Å². The van der Waals surface area contributed by atoms with Gasteiger partial charge in [0.15, 0.2) is 4.93 Å². The molecule has 0 aliphatic carbocycles. The molecule has 0 bridgehead atoms. The van der Waals surface area contributed by atoms with Crippen molar-refractivity contribution >= 4 is 24.4 Å². The van der Waals surface area contributed by atoms with Gasteiger partial charge in [0.2, 0.25) is 0 Å². The average molecular weight is 243 g/mol. The Hall–Kier alpha value is -1.23. The van der Waals surface area contributed by atoms with Crippen LogP contribution in [-0.4, -0.2) is 11.0 Å². The predicted octanol–water partition coefficient (Wildman–Crippen LogP) is 3.35. The second-order valence-electron chi connectivity index (χ2n) is 3.93. The molecule has 88 valence electrons. The molecular weight excluding hydrogens is 229 g/mol. The van der Waals surface area contributed by atoms with Crippen molar-refractivity contribution in [2.75, 3.05) is 5.32 Å². The van der Waals surface area contributed by atoms with Gasteiger partial charge < -0.3 is 4.74 Å². The molecule has 1 aromatic carbocycles. The molecule has 0 aliphatic rings. The zero-order valence-corrected chi connectivity index (χ0v) is 10.3. The summed E-state index contributed by atoms with van der Waals surface area (Å²) in [5, 5.41) is 2.42. The van der Waals surface area contributed by atoms with E-state index in [1.54, 1.807) is 32.9 Å². The van der Waals surface area contributed by atoms with Crippen LogP contribution in [0.5, 0.6) is 0 Å². The topological polar surface area (TPSA) is 38.3 Å². The number of ether oxygens (including phenoxy) is 1. The number of thiol groups is 1. The van der Waals surface area contributed by atoms with Gasteiger partial charge in [-0.05, 0) is 38.5 Å². The van der Waals surface area contributed by atoms with E-state index >= 15 is 0 Å². The van der Waals surface area contributed by atoms with Gasteiger partial charge in [-0.2, -0.15) is 0 Å². The molecule has 3 nitrogen and oxygen atoms in total. The molecule has 1 amide bonds. The van der Waals surface area contributed by atoms with Crippen LogP contribution < -0.4 is 5.32 Å². The van der Waals surface area contributed by atoms with Crippen LogP contribution >= 0.6 is 12.6 Å². The summed E-state index contributed by atoms with van der Waals surface area (Å²) in [6.45, 7) is 4.91. The zero-order chi connectivity index (χ0) is 12.3. The van der Waals surface area contributed by atoms with Gasteiger partial charge in [0, 0.05) is 5.69 Å². The Labute approximate surface area is 99.4 Å². The first kappa shape index (κ1) is 12.8. The lowest BCUT2D eigenvalue weighted by Gasteiger charge is -2.18. The molecule has 0 fully saturated rings. The summed E-state index contributed by atoms with van der Waals surface area (Å²) in [4.78, 5) is 10.5. The van der Waals surface area contributed by atoms with Crippen LogP contribution in [0.15, 0.2) is 18.2 Å². The number of benzene rings is 1. The van der Waals surface area contributed by atoms with Crippen LogP contribution in [0.4, 0.5) is 14.9 Å². The number of rotatable bonds is 2. The Morgan fingerprint density at radius 2 is 2.12 bits per heavy atom. The molecule has 0 saturated carbocycles. The van der Waals surface area contributed by atoms with Gasteiger partial charge in [-0.15, -0.1) is 12.6 Å². The lowest BCUT2D eigenvalue weighted by atomic mass is 10.2. The number of amides is 1. The van der Waals surface area contributed by atoms with Gasteiger partial charge in [-0.3, -0.25) is 5.32 Å². The number of carbonyl (C=O) groups is 1. The third kappa shape index (κ3) is 4.10. The number of hydrogen-bond donors (Lipinski definition) is 2. The summed E-state index contributed by atoms with van der Waals surface area (Å²) in [6, 6.07) is 4.42. The summed E-state index contributed by atoms with van der Waals surface area (Å²) < 4.78 is 18.1. The first-order valence-corrected chi connectivity index (χ1v) is 5.21.